The van der Waals surface area contributed by atoms with Crippen LogP contribution in [-0.4, -0.2) is 29.8 Å². The fourth-order valence-corrected chi connectivity index (χ4v) is 2.14. The third-order valence-corrected chi connectivity index (χ3v) is 2.81. The van der Waals surface area contributed by atoms with Gasteiger partial charge < -0.3 is 4.90 Å². The van der Waals surface area contributed by atoms with E-state index in [2.05, 4.69) is 17.2 Å². The number of hydrogen-bond donors (Lipinski definition) is 0. The second-order valence-corrected chi connectivity index (χ2v) is 4.01. The van der Waals surface area contributed by atoms with E-state index >= 15 is 0 Å². The van der Waals surface area contributed by atoms with Crippen LogP contribution in [0.3, 0.4) is 0 Å². The highest BCUT2D eigenvalue weighted by molar-refractivity contribution is 8.04. The summed E-state index contributed by atoms with van der Waals surface area (Å²) in [5, 5.41) is 11.2. The predicted octanol–water partition coefficient (Wildman–Crippen LogP) is 2.71. The Hall–Kier alpha value is -0.200. The van der Waals surface area contributed by atoms with E-state index in [1.165, 1.54) is 37.7 Å². The summed E-state index contributed by atoms with van der Waals surface area (Å²) in [5.41, 5.74) is 0. The van der Waals surface area contributed by atoms with E-state index < -0.39 is 0 Å². The highest BCUT2D eigenvalue weighted by Crippen LogP contribution is 2.21. The molecule has 76 valence electrons. The highest BCUT2D eigenvalue weighted by atomic mass is 32.2. The quantitative estimate of drug-likeness (QED) is 0.655. The molecule has 0 aromatic carbocycles. The molecule has 1 aliphatic rings. The van der Waals surface area contributed by atoms with Crippen LogP contribution < -0.4 is 0 Å². The lowest BCUT2D eigenvalue weighted by Crippen LogP contribution is -2.21. The number of nitriles is 1. The minimum atomic E-state index is 0.576. The van der Waals surface area contributed by atoms with Gasteiger partial charge in [0.1, 0.15) is 5.40 Å². The van der Waals surface area contributed by atoms with Crippen molar-refractivity contribution in [1.82, 2.24) is 4.90 Å². The summed E-state index contributed by atoms with van der Waals surface area (Å²) in [6.45, 7) is 9.70. The van der Waals surface area contributed by atoms with Gasteiger partial charge >= 0.3 is 0 Å². The lowest BCUT2D eigenvalue weighted by atomic mass is 10.4. The molecule has 1 saturated heterocycles. The highest BCUT2D eigenvalue weighted by Gasteiger charge is 2.21. The van der Waals surface area contributed by atoms with Crippen LogP contribution in [0.25, 0.3) is 0 Å². The van der Waals surface area contributed by atoms with Gasteiger partial charge in [-0.3, -0.25) is 0 Å². The summed E-state index contributed by atoms with van der Waals surface area (Å²) in [4.78, 5) is 2.44. The lowest BCUT2D eigenvalue weighted by Gasteiger charge is -2.12. The average molecular weight is 200 g/mol. The molecular weight excluding hydrogens is 180 g/mol. The van der Waals surface area contributed by atoms with Crippen molar-refractivity contribution in [3.63, 3.8) is 0 Å². The van der Waals surface area contributed by atoms with Gasteiger partial charge in [0.15, 0.2) is 0 Å². The molecule has 0 saturated carbocycles. The largest absolute Gasteiger partial charge is 0.302 e. The maximum atomic E-state index is 8.44. The van der Waals surface area contributed by atoms with Crippen molar-refractivity contribution in [3.05, 3.63) is 0 Å². The van der Waals surface area contributed by atoms with E-state index in [9.17, 15) is 0 Å². The maximum Gasteiger partial charge on any atom is 0.133 e. The zero-order chi connectivity index (χ0) is 10.1. The Kier molecular flexibility index (Phi) is 8.27. The SMILES string of the molecule is CC.CCCN1CCC(SC#N)C1. The molecule has 0 aromatic heterocycles. The van der Waals surface area contributed by atoms with Gasteiger partial charge in [0.25, 0.3) is 0 Å². The first-order valence-corrected chi connectivity index (χ1v) is 6.02. The Balaban J connectivity index is 0.000000671. The standard InChI is InChI=1S/C8H14N2S.C2H6/c1-2-4-10-5-3-8(6-10)11-7-9;1-2/h8H,2-6H2,1H3;1-2H3. The first kappa shape index (κ1) is 12.8. The smallest absolute Gasteiger partial charge is 0.133 e. The zero-order valence-corrected chi connectivity index (χ0v) is 9.73. The molecule has 1 aliphatic heterocycles. The molecule has 1 unspecified atom stereocenters. The fraction of sp³-hybridized carbons (Fsp3) is 0.900. The summed E-state index contributed by atoms with van der Waals surface area (Å²) in [6.07, 6.45) is 2.42. The molecule has 0 aliphatic carbocycles. The Labute approximate surface area is 86.3 Å². The topological polar surface area (TPSA) is 27.0 Å². The summed E-state index contributed by atoms with van der Waals surface area (Å²) < 4.78 is 0. The van der Waals surface area contributed by atoms with Gasteiger partial charge in [-0.15, -0.1) is 0 Å². The van der Waals surface area contributed by atoms with E-state index in [-0.39, 0.29) is 0 Å². The van der Waals surface area contributed by atoms with E-state index in [0.717, 1.165) is 6.54 Å². The summed E-state index contributed by atoms with van der Waals surface area (Å²) in [7, 11) is 0. The van der Waals surface area contributed by atoms with Gasteiger partial charge in [-0.05, 0) is 37.7 Å². The third-order valence-electron chi connectivity index (χ3n) is 1.99. The number of rotatable bonds is 3. The minimum absolute atomic E-state index is 0.576. The maximum absolute atomic E-state index is 8.44. The molecule has 0 N–H and O–H groups in total. The van der Waals surface area contributed by atoms with E-state index in [4.69, 9.17) is 5.26 Å². The van der Waals surface area contributed by atoms with E-state index in [1.807, 2.05) is 13.8 Å². The van der Waals surface area contributed by atoms with Crippen molar-refractivity contribution in [2.24, 2.45) is 0 Å². The number of thiocyanates is 1. The second-order valence-electron chi connectivity index (χ2n) is 2.92. The number of nitrogens with zero attached hydrogens (tertiary/aromatic N) is 2. The number of likely N-dealkylation sites (tertiary alicyclic amines) is 1. The molecule has 1 atom stereocenters. The molecule has 0 amide bonds. The summed E-state index contributed by atoms with van der Waals surface area (Å²) >= 11 is 1.43. The van der Waals surface area contributed by atoms with Crippen molar-refractivity contribution in [1.29, 1.82) is 5.26 Å². The van der Waals surface area contributed by atoms with E-state index in [1.54, 1.807) is 0 Å². The van der Waals surface area contributed by atoms with Gasteiger partial charge in [0.05, 0.1) is 0 Å². The number of thioether (sulfide) groups is 1. The summed E-state index contributed by atoms with van der Waals surface area (Å²) in [6, 6.07) is 0. The molecule has 2 nitrogen and oxygen atoms in total. The monoisotopic (exact) mass is 200 g/mol. The summed E-state index contributed by atoms with van der Waals surface area (Å²) in [5.74, 6) is 0. The van der Waals surface area contributed by atoms with Crippen molar-refractivity contribution in [2.75, 3.05) is 19.6 Å². The van der Waals surface area contributed by atoms with Crippen LogP contribution in [-0.2, 0) is 0 Å². The van der Waals surface area contributed by atoms with Crippen LogP contribution in [0.4, 0.5) is 0 Å². The molecule has 1 fully saturated rings. The van der Waals surface area contributed by atoms with Crippen LogP contribution in [0.1, 0.15) is 33.6 Å². The Bertz CT molecular complexity index is 153. The molecular formula is C10H20N2S. The van der Waals surface area contributed by atoms with Gasteiger partial charge in [0, 0.05) is 11.8 Å². The van der Waals surface area contributed by atoms with Gasteiger partial charge in [-0.1, -0.05) is 20.8 Å². The van der Waals surface area contributed by atoms with Gasteiger partial charge in [0.2, 0.25) is 0 Å². The van der Waals surface area contributed by atoms with E-state index in [0.29, 0.717) is 5.25 Å². The minimum Gasteiger partial charge on any atom is -0.302 e. The lowest BCUT2D eigenvalue weighted by molar-refractivity contribution is 0.340. The molecule has 0 radical (unpaired) electrons. The van der Waals surface area contributed by atoms with Crippen LogP contribution in [0.5, 0.6) is 0 Å². The first-order chi connectivity index (χ1) is 6.36. The molecule has 13 heavy (non-hydrogen) atoms. The first-order valence-electron chi connectivity index (χ1n) is 5.14. The number of hydrogen-bond acceptors (Lipinski definition) is 3. The normalized spacial score (nSPS) is 21.8. The van der Waals surface area contributed by atoms with Gasteiger partial charge in [-0.2, -0.15) is 5.26 Å². The predicted molar refractivity (Wildman–Crippen MR) is 59.7 cm³/mol. The molecule has 1 rings (SSSR count). The molecule has 0 aromatic rings. The molecule has 0 bridgehead atoms. The van der Waals surface area contributed by atoms with Crippen molar-refractivity contribution in [3.8, 4) is 5.40 Å². The second kappa shape index (κ2) is 8.40. The average Bonchev–Trinajstić information content (AvgIpc) is 2.58. The van der Waals surface area contributed by atoms with Crippen LogP contribution >= 0.6 is 11.8 Å². The molecule has 3 heteroatoms. The zero-order valence-electron chi connectivity index (χ0n) is 8.92. The van der Waals surface area contributed by atoms with Gasteiger partial charge in [-0.25, -0.2) is 0 Å². The van der Waals surface area contributed by atoms with Crippen molar-refractivity contribution in [2.45, 2.75) is 38.9 Å². The van der Waals surface area contributed by atoms with Crippen LogP contribution in [0.15, 0.2) is 0 Å². The third kappa shape index (κ3) is 5.17. The fourth-order valence-electron chi connectivity index (χ4n) is 1.49. The van der Waals surface area contributed by atoms with Crippen molar-refractivity contribution < 1.29 is 0 Å². The van der Waals surface area contributed by atoms with Crippen LogP contribution in [0.2, 0.25) is 0 Å². The van der Waals surface area contributed by atoms with Crippen molar-refractivity contribution >= 4 is 11.8 Å². The van der Waals surface area contributed by atoms with Crippen LogP contribution in [0, 0.1) is 10.7 Å². The Morgan fingerprint density at radius 2 is 2.23 bits per heavy atom. The Morgan fingerprint density at radius 3 is 2.77 bits per heavy atom. The Morgan fingerprint density at radius 1 is 1.54 bits per heavy atom. The molecule has 1 heterocycles. The molecule has 0 spiro atoms.